The molecule has 2 aromatic carbocycles. The van der Waals surface area contributed by atoms with Crippen LogP contribution in [0.4, 0.5) is 11.4 Å². The summed E-state index contributed by atoms with van der Waals surface area (Å²) in [6, 6.07) is 7.41. The Balaban J connectivity index is 1.77. The molecular weight excluding hydrogens is 292 g/mol. The van der Waals surface area contributed by atoms with Crippen LogP contribution in [0.25, 0.3) is 0 Å². The molecule has 0 aliphatic carbocycles. The molecule has 2 aromatic rings. The first-order valence-corrected chi connectivity index (χ1v) is 7.19. The third kappa shape index (κ3) is 2.66. The van der Waals surface area contributed by atoms with Crippen LogP contribution in [-0.2, 0) is 11.3 Å². The Morgan fingerprint density at radius 2 is 1.86 bits per heavy atom. The highest BCUT2D eigenvalue weighted by molar-refractivity contribution is 6.31. The summed E-state index contributed by atoms with van der Waals surface area (Å²) >= 11 is 6.08. The van der Waals surface area contributed by atoms with E-state index in [1.807, 2.05) is 23.1 Å². The molecule has 0 amide bonds. The van der Waals surface area contributed by atoms with E-state index < -0.39 is 10.9 Å². The zero-order valence-corrected chi connectivity index (χ0v) is 12.2. The summed E-state index contributed by atoms with van der Waals surface area (Å²) in [4.78, 5) is 25.5. The molecule has 0 radical (unpaired) electrons. The fraction of sp³-hybridized carbons (Fsp3) is 0.333. The Morgan fingerprint density at radius 1 is 1.14 bits per heavy atom. The Bertz CT molecular complexity index is 716. The molecule has 6 heteroatoms. The minimum Gasteiger partial charge on any atom is -0.378 e. The summed E-state index contributed by atoms with van der Waals surface area (Å²) in [6.45, 7) is 2.82. The van der Waals surface area contributed by atoms with Gasteiger partial charge in [0.15, 0.2) is 0 Å². The second-order valence-corrected chi connectivity index (χ2v) is 5.33. The van der Waals surface area contributed by atoms with Crippen LogP contribution in [0.3, 0.4) is 0 Å². The topological polar surface area (TPSA) is 58.6 Å². The molecule has 5 nitrogen and oxygen atoms in total. The number of rotatable bonds is 4. The van der Waals surface area contributed by atoms with E-state index in [0.717, 1.165) is 5.56 Å². The van der Waals surface area contributed by atoms with Gasteiger partial charge in [0.05, 0.1) is 13.2 Å². The van der Waals surface area contributed by atoms with E-state index in [4.69, 9.17) is 16.3 Å². The quantitative estimate of drug-likeness (QED) is 0.865. The Morgan fingerprint density at radius 3 is 2.57 bits per heavy atom. The van der Waals surface area contributed by atoms with E-state index in [-0.39, 0.29) is 0 Å². The van der Waals surface area contributed by atoms with Crippen molar-refractivity contribution in [1.29, 1.82) is 0 Å². The van der Waals surface area contributed by atoms with Crippen molar-refractivity contribution in [3.8, 4) is 0 Å². The molecule has 1 heterocycles. The predicted molar refractivity (Wildman–Crippen MR) is 83.2 cm³/mol. The van der Waals surface area contributed by atoms with Crippen LogP contribution in [-0.4, -0.2) is 26.3 Å². The van der Waals surface area contributed by atoms with Crippen molar-refractivity contribution in [2.75, 3.05) is 36.5 Å². The molecule has 1 fully saturated rings. The average Bonchev–Trinajstić information content (AvgIpc) is 2.52. The minimum atomic E-state index is -0.455. The highest BCUT2D eigenvalue weighted by Crippen LogP contribution is 2.23. The Kier molecular flexibility index (Phi) is 3.94. The van der Waals surface area contributed by atoms with E-state index in [9.17, 15) is 9.59 Å². The van der Waals surface area contributed by atoms with Crippen LogP contribution in [0.2, 0.25) is 5.02 Å². The van der Waals surface area contributed by atoms with E-state index in [0.29, 0.717) is 49.2 Å². The van der Waals surface area contributed by atoms with Gasteiger partial charge in [-0.15, -0.1) is 0 Å². The van der Waals surface area contributed by atoms with E-state index in [2.05, 4.69) is 5.32 Å². The van der Waals surface area contributed by atoms with Gasteiger partial charge >= 0.3 is 0 Å². The summed E-state index contributed by atoms with van der Waals surface area (Å²) in [5, 5.41) is 3.68. The van der Waals surface area contributed by atoms with Gasteiger partial charge in [0.25, 0.3) is 10.9 Å². The van der Waals surface area contributed by atoms with Crippen LogP contribution in [0.15, 0.2) is 33.9 Å². The van der Waals surface area contributed by atoms with Crippen molar-refractivity contribution in [1.82, 2.24) is 0 Å². The highest BCUT2D eigenvalue weighted by Gasteiger charge is 2.26. The zero-order valence-electron chi connectivity index (χ0n) is 11.4. The maximum absolute atomic E-state index is 11.8. The van der Waals surface area contributed by atoms with Crippen molar-refractivity contribution in [3.05, 3.63) is 55.3 Å². The molecule has 0 saturated carbocycles. The first kappa shape index (κ1) is 14.1. The third-order valence-electron chi connectivity index (χ3n) is 3.63. The predicted octanol–water partition coefficient (Wildman–Crippen LogP) is 1.38. The van der Waals surface area contributed by atoms with Gasteiger partial charge in [-0.25, -0.2) is 0 Å². The fourth-order valence-electron chi connectivity index (χ4n) is 2.46. The first-order chi connectivity index (χ1) is 10.2. The van der Waals surface area contributed by atoms with Gasteiger partial charge in [-0.3, -0.25) is 9.59 Å². The lowest BCUT2D eigenvalue weighted by Crippen LogP contribution is -2.46. The molecule has 1 saturated heterocycles. The fourth-order valence-corrected chi connectivity index (χ4v) is 2.66. The maximum atomic E-state index is 11.8. The van der Waals surface area contributed by atoms with Gasteiger partial charge in [-0.05, 0) is 11.6 Å². The number of benzene rings is 1. The lowest BCUT2D eigenvalue weighted by Gasteiger charge is -2.30. The molecule has 1 aliphatic rings. The van der Waals surface area contributed by atoms with Gasteiger partial charge in [0.2, 0.25) is 0 Å². The van der Waals surface area contributed by atoms with Crippen LogP contribution < -0.4 is 21.1 Å². The van der Waals surface area contributed by atoms with Crippen LogP contribution in [0.5, 0.6) is 0 Å². The first-order valence-electron chi connectivity index (χ1n) is 6.82. The second-order valence-electron chi connectivity index (χ2n) is 4.93. The summed E-state index contributed by atoms with van der Waals surface area (Å²) in [7, 11) is 0. The normalized spacial score (nSPS) is 15.4. The number of anilines is 2. The number of hydrogen-bond acceptors (Lipinski definition) is 5. The third-order valence-corrected chi connectivity index (χ3v) is 3.99. The number of halogens is 1. The highest BCUT2D eigenvalue weighted by atomic mass is 35.5. The molecule has 1 N–H and O–H groups in total. The van der Waals surface area contributed by atoms with Crippen LogP contribution >= 0.6 is 11.6 Å². The molecule has 0 spiro atoms. The molecule has 0 aromatic heterocycles. The standard InChI is InChI=1S/C15H15ClN2O3/c16-11-4-2-1-3-10(11)9-17-12-13(15(20)14(12)19)18-5-7-21-8-6-18/h1-4,17H,5-9H2. The Hall–Kier alpha value is -1.85. The monoisotopic (exact) mass is 306 g/mol. The number of nitrogens with one attached hydrogen (secondary N) is 1. The lowest BCUT2D eigenvalue weighted by atomic mass is 10.1. The lowest BCUT2D eigenvalue weighted by molar-refractivity contribution is 0.122. The Labute approximate surface area is 126 Å². The van der Waals surface area contributed by atoms with Gasteiger partial charge < -0.3 is 15.0 Å². The SMILES string of the molecule is O=c1c(NCc2ccccc2Cl)c(N2CCOCC2)c1=O. The molecule has 0 atom stereocenters. The average molecular weight is 307 g/mol. The zero-order chi connectivity index (χ0) is 14.8. The molecule has 110 valence electrons. The van der Waals surface area contributed by atoms with Crippen LogP contribution in [0.1, 0.15) is 5.56 Å². The van der Waals surface area contributed by atoms with E-state index >= 15 is 0 Å². The molecule has 1 aliphatic heterocycles. The molecule has 0 unspecified atom stereocenters. The van der Waals surface area contributed by atoms with Gasteiger partial charge in [0.1, 0.15) is 11.4 Å². The van der Waals surface area contributed by atoms with Crippen molar-refractivity contribution in [2.45, 2.75) is 6.54 Å². The van der Waals surface area contributed by atoms with E-state index in [1.54, 1.807) is 6.07 Å². The smallest absolute Gasteiger partial charge is 0.253 e. The minimum absolute atomic E-state index is 0.391. The summed E-state index contributed by atoms with van der Waals surface area (Å²) < 4.78 is 5.26. The summed E-state index contributed by atoms with van der Waals surface area (Å²) in [5.41, 5.74) is 0.888. The van der Waals surface area contributed by atoms with E-state index in [1.165, 1.54) is 0 Å². The molecule has 3 rings (SSSR count). The van der Waals surface area contributed by atoms with Crippen LogP contribution in [0, 0.1) is 0 Å². The number of ether oxygens (including phenoxy) is 1. The molecule has 0 bridgehead atoms. The summed E-state index contributed by atoms with van der Waals surface area (Å²) in [6.07, 6.45) is 0. The summed E-state index contributed by atoms with van der Waals surface area (Å²) in [5.74, 6) is 0. The largest absolute Gasteiger partial charge is 0.378 e. The molecule has 21 heavy (non-hydrogen) atoms. The number of nitrogens with zero attached hydrogens (tertiary/aromatic N) is 1. The van der Waals surface area contributed by atoms with Crippen molar-refractivity contribution in [2.24, 2.45) is 0 Å². The number of hydrogen-bond donors (Lipinski definition) is 1. The second kappa shape index (κ2) is 5.87. The van der Waals surface area contributed by atoms with Crippen molar-refractivity contribution < 1.29 is 4.74 Å². The van der Waals surface area contributed by atoms with Gasteiger partial charge in [-0.1, -0.05) is 29.8 Å². The molecular formula is C15H15ClN2O3. The maximum Gasteiger partial charge on any atom is 0.253 e. The number of morpholine rings is 1. The van der Waals surface area contributed by atoms with Crippen molar-refractivity contribution in [3.63, 3.8) is 0 Å². The van der Waals surface area contributed by atoms with Crippen molar-refractivity contribution >= 4 is 23.0 Å². The van der Waals surface area contributed by atoms with Gasteiger partial charge in [-0.2, -0.15) is 0 Å². The van der Waals surface area contributed by atoms with Gasteiger partial charge in [0, 0.05) is 24.7 Å².